The van der Waals surface area contributed by atoms with Gasteiger partial charge in [0.2, 0.25) is 0 Å². The third kappa shape index (κ3) is 4.15. The number of benzene rings is 2. The van der Waals surface area contributed by atoms with E-state index in [1.54, 1.807) is 6.07 Å². The van der Waals surface area contributed by atoms with Crippen molar-refractivity contribution < 1.29 is 4.39 Å². The Kier molecular flexibility index (Phi) is 5.32. The molecule has 0 bridgehead atoms. The number of hydrogen-bond acceptors (Lipinski definition) is 1. The molecule has 3 heteroatoms. The first-order chi connectivity index (χ1) is 9.56. The van der Waals surface area contributed by atoms with E-state index in [0.29, 0.717) is 0 Å². The second-order valence-corrected chi connectivity index (χ2v) is 6.06. The van der Waals surface area contributed by atoms with Gasteiger partial charge in [-0.15, -0.1) is 0 Å². The Balaban J connectivity index is 1.96. The molecular formula is C17H19BrFN. The summed E-state index contributed by atoms with van der Waals surface area (Å²) in [4.78, 5) is 0. The van der Waals surface area contributed by atoms with E-state index < -0.39 is 0 Å². The molecule has 106 valence electrons. The van der Waals surface area contributed by atoms with Crippen molar-refractivity contribution in [1.82, 2.24) is 5.32 Å². The summed E-state index contributed by atoms with van der Waals surface area (Å²) >= 11 is 3.43. The van der Waals surface area contributed by atoms with E-state index in [2.05, 4.69) is 40.3 Å². The lowest BCUT2D eigenvalue weighted by Gasteiger charge is -2.21. The molecule has 2 aromatic carbocycles. The summed E-state index contributed by atoms with van der Waals surface area (Å²) < 4.78 is 14.8. The molecule has 0 fully saturated rings. The Morgan fingerprint density at radius 2 is 1.70 bits per heavy atom. The fourth-order valence-corrected chi connectivity index (χ4v) is 2.64. The summed E-state index contributed by atoms with van der Waals surface area (Å²) in [5, 5.41) is 3.45. The standard InChI is InChI=1S/C17H19BrFN/c1-12(11-14-7-9-15(18)10-8-14)20-13(2)16-5-3-4-6-17(16)19/h3-10,12-13,20H,11H2,1-2H3. The van der Waals surface area contributed by atoms with Gasteiger partial charge in [-0.25, -0.2) is 4.39 Å². The fourth-order valence-electron chi connectivity index (χ4n) is 2.38. The first kappa shape index (κ1) is 15.2. The van der Waals surface area contributed by atoms with Gasteiger partial charge in [-0.1, -0.05) is 46.3 Å². The zero-order chi connectivity index (χ0) is 14.5. The van der Waals surface area contributed by atoms with Gasteiger partial charge in [0.1, 0.15) is 5.82 Å². The normalized spacial score (nSPS) is 14.0. The van der Waals surface area contributed by atoms with Gasteiger partial charge in [0.05, 0.1) is 0 Å². The maximum Gasteiger partial charge on any atom is 0.127 e. The number of rotatable bonds is 5. The molecule has 0 aromatic heterocycles. The lowest BCUT2D eigenvalue weighted by atomic mass is 10.0. The van der Waals surface area contributed by atoms with E-state index in [0.717, 1.165) is 16.5 Å². The largest absolute Gasteiger partial charge is 0.307 e. The second-order valence-electron chi connectivity index (χ2n) is 5.14. The highest BCUT2D eigenvalue weighted by Crippen LogP contribution is 2.18. The van der Waals surface area contributed by atoms with E-state index in [-0.39, 0.29) is 17.9 Å². The number of nitrogens with one attached hydrogen (secondary N) is 1. The van der Waals surface area contributed by atoms with Crippen LogP contribution in [0, 0.1) is 5.82 Å². The first-order valence-corrected chi connectivity index (χ1v) is 7.60. The summed E-state index contributed by atoms with van der Waals surface area (Å²) in [6, 6.07) is 15.5. The Hall–Kier alpha value is -1.19. The van der Waals surface area contributed by atoms with Gasteiger partial charge >= 0.3 is 0 Å². The molecular weight excluding hydrogens is 317 g/mol. The minimum atomic E-state index is -0.150. The van der Waals surface area contributed by atoms with Crippen LogP contribution in [0.25, 0.3) is 0 Å². The molecule has 1 nitrogen and oxygen atoms in total. The third-order valence-corrected chi connectivity index (χ3v) is 3.89. The Morgan fingerprint density at radius 1 is 1.05 bits per heavy atom. The van der Waals surface area contributed by atoms with E-state index in [9.17, 15) is 4.39 Å². The first-order valence-electron chi connectivity index (χ1n) is 6.81. The predicted octanol–water partition coefficient (Wildman–Crippen LogP) is 4.87. The van der Waals surface area contributed by atoms with Crippen LogP contribution in [-0.2, 0) is 6.42 Å². The van der Waals surface area contributed by atoms with E-state index in [1.807, 2.05) is 31.2 Å². The molecule has 1 N–H and O–H groups in total. The van der Waals surface area contributed by atoms with Crippen LogP contribution >= 0.6 is 15.9 Å². The van der Waals surface area contributed by atoms with E-state index >= 15 is 0 Å². The van der Waals surface area contributed by atoms with Crippen molar-refractivity contribution in [3.8, 4) is 0 Å². The SMILES string of the molecule is CC(Cc1ccc(Br)cc1)NC(C)c1ccccc1F. The van der Waals surface area contributed by atoms with Crippen LogP contribution in [0.4, 0.5) is 4.39 Å². The maximum atomic E-state index is 13.7. The molecule has 0 spiro atoms. The molecule has 0 aliphatic carbocycles. The van der Waals surface area contributed by atoms with Crippen molar-refractivity contribution in [3.63, 3.8) is 0 Å². The topological polar surface area (TPSA) is 12.0 Å². The maximum absolute atomic E-state index is 13.7. The number of hydrogen-bond donors (Lipinski definition) is 1. The quantitative estimate of drug-likeness (QED) is 0.821. The van der Waals surface area contributed by atoms with Crippen LogP contribution in [-0.4, -0.2) is 6.04 Å². The van der Waals surface area contributed by atoms with Gasteiger partial charge in [0, 0.05) is 22.1 Å². The molecule has 0 saturated carbocycles. The molecule has 2 atom stereocenters. The third-order valence-electron chi connectivity index (χ3n) is 3.36. The summed E-state index contributed by atoms with van der Waals surface area (Å²) in [6.07, 6.45) is 0.923. The van der Waals surface area contributed by atoms with Crippen molar-refractivity contribution in [2.45, 2.75) is 32.4 Å². The van der Waals surface area contributed by atoms with Crippen molar-refractivity contribution in [3.05, 3.63) is 69.9 Å². The second kappa shape index (κ2) is 7.00. The number of halogens is 2. The van der Waals surface area contributed by atoms with Crippen LogP contribution in [0.15, 0.2) is 53.0 Å². The van der Waals surface area contributed by atoms with Gasteiger partial charge in [-0.05, 0) is 44.0 Å². The highest BCUT2D eigenvalue weighted by molar-refractivity contribution is 9.10. The van der Waals surface area contributed by atoms with Crippen LogP contribution in [0.2, 0.25) is 0 Å². The minimum Gasteiger partial charge on any atom is -0.307 e. The van der Waals surface area contributed by atoms with Crippen molar-refractivity contribution in [2.24, 2.45) is 0 Å². The zero-order valence-corrected chi connectivity index (χ0v) is 13.3. The molecule has 0 aliphatic rings. The van der Waals surface area contributed by atoms with Crippen LogP contribution in [0.5, 0.6) is 0 Å². The van der Waals surface area contributed by atoms with Gasteiger partial charge in [-0.3, -0.25) is 0 Å². The average Bonchev–Trinajstić information content (AvgIpc) is 2.41. The fraction of sp³-hybridized carbons (Fsp3) is 0.294. The van der Waals surface area contributed by atoms with Gasteiger partial charge in [0.25, 0.3) is 0 Å². The molecule has 0 saturated heterocycles. The van der Waals surface area contributed by atoms with Crippen LogP contribution in [0.3, 0.4) is 0 Å². The van der Waals surface area contributed by atoms with E-state index in [4.69, 9.17) is 0 Å². The molecule has 2 aromatic rings. The lowest BCUT2D eigenvalue weighted by molar-refractivity contribution is 0.460. The van der Waals surface area contributed by atoms with E-state index in [1.165, 1.54) is 11.6 Å². The molecule has 0 aliphatic heterocycles. The van der Waals surface area contributed by atoms with Gasteiger partial charge < -0.3 is 5.32 Å². The highest BCUT2D eigenvalue weighted by Gasteiger charge is 2.13. The molecule has 0 radical (unpaired) electrons. The van der Waals surface area contributed by atoms with Crippen molar-refractivity contribution in [2.75, 3.05) is 0 Å². The Morgan fingerprint density at radius 3 is 2.35 bits per heavy atom. The van der Waals surface area contributed by atoms with Crippen molar-refractivity contribution in [1.29, 1.82) is 0 Å². The summed E-state index contributed by atoms with van der Waals surface area (Å²) in [6.45, 7) is 4.12. The molecule has 0 amide bonds. The highest BCUT2D eigenvalue weighted by atomic mass is 79.9. The molecule has 0 heterocycles. The molecule has 20 heavy (non-hydrogen) atoms. The lowest BCUT2D eigenvalue weighted by Crippen LogP contribution is -2.31. The summed E-state index contributed by atoms with van der Waals surface area (Å²) in [7, 11) is 0. The van der Waals surface area contributed by atoms with Crippen molar-refractivity contribution >= 4 is 15.9 Å². The summed E-state index contributed by atoms with van der Waals surface area (Å²) in [5.41, 5.74) is 1.99. The molecule has 2 unspecified atom stereocenters. The van der Waals surface area contributed by atoms with Crippen LogP contribution in [0.1, 0.15) is 31.0 Å². The zero-order valence-electron chi connectivity index (χ0n) is 11.7. The molecule has 2 rings (SSSR count). The van der Waals surface area contributed by atoms with Gasteiger partial charge in [-0.2, -0.15) is 0 Å². The van der Waals surface area contributed by atoms with Crippen LogP contribution < -0.4 is 5.32 Å². The monoisotopic (exact) mass is 335 g/mol. The smallest absolute Gasteiger partial charge is 0.127 e. The van der Waals surface area contributed by atoms with Gasteiger partial charge in [0.15, 0.2) is 0 Å². The minimum absolute atomic E-state index is 0.00153. The predicted molar refractivity (Wildman–Crippen MR) is 85.3 cm³/mol. The Labute approximate surface area is 128 Å². The Bertz CT molecular complexity index is 553. The average molecular weight is 336 g/mol. The summed E-state index contributed by atoms with van der Waals surface area (Å²) in [5.74, 6) is -0.150.